The molecule has 0 aliphatic heterocycles. The van der Waals surface area contributed by atoms with E-state index in [1.807, 2.05) is 0 Å². The normalized spacial score (nSPS) is 10.3. The second-order valence-electron chi connectivity index (χ2n) is 2.74. The Labute approximate surface area is 103 Å². The van der Waals surface area contributed by atoms with Crippen LogP contribution in [-0.4, -0.2) is 39.2 Å². The fourth-order valence-corrected chi connectivity index (χ4v) is 1.39. The van der Waals surface area contributed by atoms with Crippen molar-refractivity contribution in [1.82, 2.24) is 20.3 Å². The van der Waals surface area contributed by atoms with Crippen molar-refractivity contribution in [3.05, 3.63) is 9.21 Å². The molecule has 0 unspecified atom stereocenters. The molecule has 2 N–H and O–H groups in total. The lowest BCUT2D eigenvalue weighted by Crippen LogP contribution is -2.29. The summed E-state index contributed by atoms with van der Waals surface area (Å²) in [6, 6.07) is 0. The average Bonchev–Trinajstić information content (AvgIpc) is 2.46. The molecular weight excluding hydrogens is 332 g/mol. The van der Waals surface area contributed by atoms with E-state index in [9.17, 15) is 4.79 Å². The van der Waals surface area contributed by atoms with E-state index < -0.39 is 0 Å². The standard InChI is InChI=1S/C7H10Br2N4O2/c8-6-7(9)12-13(11-6)4-5(15)10-2-1-3-14/h14H,1-4H2,(H,10,15). The molecule has 0 aromatic carbocycles. The largest absolute Gasteiger partial charge is 0.396 e. The van der Waals surface area contributed by atoms with Crippen LogP contribution in [0.15, 0.2) is 9.21 Å². The first-order valence-corrected chi connectivity index (χ1v) is 5.85. The van der Waals surface area contributed by atoms with Crippen LogP contribution in [0, 0.1) is 0 Å². The number of amides is 1. The number of nitrogens with zero attached hydrogens (tertiary/aromatic N) is 3. The number of aliphatic hydroxyl groups excluding tert-OH is 1. The van der Waals surface area contributed by atoms with Crippen molar-refractivity contribution in [1.29, 1.82) is 0 Å². The number of rotatable bonds is 5. The third-order valence-corrected chi connectivity index (χ3v) is 3.12. The molecule has 0 atom stereocenters. The van der Waals surface area contributed by atoms with Gasteiger partial charge in [-0.25, -0.2) is 0 Å². The van der Waals surface area contributed by atoms with E-state index in [-0.39, 0.29) is 19.1 Å². The van der Waals surface area contributed by atoms with Crippen LogP contribution in [-0.2, 0) is 11.3 Å². The van der Waals surface area contributed by atoms with Gasteiger partial charge >= 0.3 is 0 Å². The van der Waals surface area contributed by atoms with E-state index in [1.165, 1.54) is 4.80 Å². The summed E-state index contributed by atoms with van der Waals surface area (Å²) in [6.07, 6.45) is 0.547. The van der Waals surface area contributed by atoms with Crippen LogP contribution < -0.4 is 5.32 Å². The number of hydrogen-bond acceptors (Lipinski definition) is 4. The zero-order chi connectivity index (χ0) is 11.3. The van der Waals surface area contributed by atoms with Crippen LogP contribution in [0.5, 0.6) is 0 Å². The Balaban J connectivity index is 2.37. The van der Waals surface area contributed by atoms with Gasteiger partial charge in [-0.1, -0.05) is 0 Å². The van der Waals surface area contributed by atoms with Gasteiger partial charge in [0.05, 0.1) is 0 Å². The Kier molecular flexibility index (Phi) is 5.20. The molecule has 0 aliphatic carbocycles. The first kappa shape index (κ1) is 12.6. The fourth-order valence-electron chi connectivity index (χ4n) is 0.869. The minimum atomic E-state index is -0.182. The zero-order valence-electron chi connectivity index (χ0n) is 7.78. The molecule has 1 heterocycles. The predicted molar refractivity (Wildman–Crippen MR) is 60.1 cm³/mol. The molecule has 1 aromatic heterocycles. The summed E-state index contributed by atoms with van der Waals surface area (Å²) in [6.45, 7) is 0.589. The number of carbonyl (C=O) groups excluding carboxylic acids is 1. The highest BCUT2D eigenvalue weighted by Gasteiger charge is 2.08. The molecule has 1 rings (SSSR count). The topological polar surface area (TPSA) is 80.0 Å². The number of aromatic nitrogens is 3. The molecular formula is C7H10Br2N4O2. The minimum absolute atomic E-state index is 0.0651. The molecule has 8 heteroatoms. The van der Waals surface area contributed by atoms with Gasteiger partial charge in [-0.15, -0.1) is 10.2 Å². The summed E-state index contributed by atoms with van der Waals surface area (Å²) in [5, 5.41) is 19.0. The predicted octanol–water partition coefficient (Wildman–Crippen LogP) is 0.302. The summed E-state index contributed by atoms with van der Waals surface area (Å²) >= 11 is 6.33. The van der Waals surface area contributed by atoms with Crippen LogP contribution in [0.3, 0.4) is 0 Å². The van der Waals surface area contributed by atoms with Crippen LogP contribution in [0.25, 0.3) is 0 Å². The van der Waals surface area contributed by atoms with Crippen LogP contribution in [0.1, 0.15) is 6.42 Å². The van der Waals surface area contributed by atoms with E-state index in [2.05, 4.69) is 47.4 Å². The summed E-state index contributed by atoms with van der Waals surface area (Å²) < 4.78 is 1.12. The SMILES string of the molecule is O=C(Cn1nc(Br)c(Br)n1)NCCCO. The molecule has 0 radical (unpaired) electrons. The molecule has 0 saturated heterocycles. The van der Waals surface area contributed by atoms with E-state index in [0.29, 0.717) is 22.2 Å². The Bertz CT molecular complexity index is 322. The molecule has 0 aliphatic rings. The lowest BCUT2D eigenvalue weighted by atomic mass is 10.4. The van der Waals surface area contributed by atoms with Gasteiger partial charge in [0.15, 0.2) is 9.21 Å². The quantitative estimate of drug-likeness (QED) is 0.755. The van der Waals surface area contributed by atoms with Gasteiger partial charge in [0.25, 0.3) is 0 Å². The molecule has 0 saturated carbocycles. The number of halogens is 2. The molecule has 0 fully saturated rings. The van der Waals surface area contributed by atoms with Crippen molar-refractivity contribution in [2.24, 2.45) is 0 Å². The Hall–Kier alpha value is -0.470. The Morgan fingerprint density at radius 3 is 2.53 bits per heavy atom. The molecule has 15 heavy (non-hydrogen) atoms. The number of aliphatic hydroxyl groups is 1. The molecule has 0 spiro atoms. The smallest absolute Gasteiger partial charge is 0.243 e. The highest BCUT2D eigenvalue weighted by molar-refractivity contribution is 9.13. The Morgan fingerprint density at radius 1 is 1.40 bits per heavy atom. The van der Waals surface area contributed by atoms with Crippen LogP contribution in [0.4, 0.5) is 0 Å². The van der Waals surface area contributed by atoms with Gasteiger partial charge in [-0.3, -0.25) is 4.79 Å². The fraction of sp³-hybridized carbons (Fsp3) is 0.571. The number of carbonyl (C=O) groups is 1. The maximum absolute atomic E-state index is 11.3. The van der Waals surface area contributed by atoms with Crippen molar-refractivity contribution in [2.45, 2.75) is 13.0 Å². The highest BCUT2D eigenvalue weighted by Crippen LogP contribution is 2.16. The van der Waals surface area contributed by atoms with Gasteiger partial charge < -0.3 is 10.4 Å². The van der Waals surface area contributed by atoms with Crippen molar-refractivity contribution in [3.8, 4) is 0 Å². The summed E-state index contributed by atoms with van der Waals surface area (Å²) in [7, 11) is 0. The summed E-state index contributed by atoms with van der Waals surface area (Å²) in [5.74, 6) is -0.182. The monoisotopic (exact) mass is 340 g/mol. The van der Waals surface area contributed by atoms with E-state index >= 15 is 0 Å². The summed E-state index contributed by atoms with van der Waals surface area (Å²) in [5.41, 5.74) is 0. The van der Waals surface area contributed by atoms with Crippen molar-refractivity contribution in [3.63, 3.8) is 0 Å². The minimum Gasteiger partial charge on any atom is -0.396 e. The van der Waals surface area contributed by atoms with E-state index in [0.717, 1.165) is 0 Å². The highest BCUT2D eigenvalue weighted by atomic mass is 79.9. The summed E-state index contributed by atoms with van der Waals surface area (Å²) in [4.78, 5) is 12.6. The van der Waals surface area contributed by atoms with Gasteiger partial charge in [-0.2, -0.15) is 4.80 Å². The van der Waals surface area contributed by atoms with E-state index in [4.69, 9.17) is 5.11 Å². The Morgan fingerprint density at radius 2 is 2.00 bits per heavy atom. The number of hydrogen-bond donors (Lipinski definition) is 2. The van der Waals surface area contributed by atoms with Crippen LogP contribution in [0.2, 0.25) is 0 Å². The first-order valence-electron chi connectivity index (χ1n) is 4.27. The van der Waals surface area contributed by atoms with Gasteiger partial charge in [0, 0.05) is 13.2 Å². The van der Waals surface area contributed by atoms with Crippen molar-refractivity contribution in [2.75, 3.05) is 13.2 Å². The van der Waals surface area contributed by atoms with Gasteiger partial charge in [-0.05, 0) is 38.3 Å². The number of nitrogens with one attached hydrogen (secondary N) is 1. The van der Waals surface area contributed by atoms with Gasteiger partial charge in [0.1, 0.15) is 6.54 Å². The second-order valence-corrected chi connectivity index (χ2v) is 4.24. The average molecular weight is 342 g/mol. The maximum Gasteiger partial charge on any atom is 0.243 e. The molecule has 1 aromatic rings. The zero-order valence-corrected chi connectivity index (χ0v) is 11.0. The maximum atomic E-state index is 11.3. The lowest BCUT2D eigenvalue weighted by molar-refractivity contribution is -0.122. The third-order valence-electron chi connectivity index (χ3n) is 1.52. The first-order chi connectivity index (χ1) is 7.13. The van der Waals surface area contributed by atoms with Crippen LogP contribution >= 0.6 is 31.9 Å². The van der Waals surface area contributed by atoms with Crippen molar-refractivity contribution >= 4 is 37.8 Å². The third kappa shape index (κ3) is 4.27. The van der Waals surface area contributed by atoms with Gasteiger partial charge in [0.2, 0.25) is 5.91 Å². The van der Waals surface area contributed by atoms with Crippen molar-refractivity contribution < 1.29 is 9.90 Å². The molecule has 0 bridgehead atoms. The second kappa shape index (κ2) is 6.19. The molecule has 6 nitrogen and oxygen atoms in total. The lowest BCUT2D eigenvalue weighted by Gasteiger charge is -2.02. The molecule has 1 amide bonds. The molecule has 84 valence electrons. The van der Waals surface area contributed by atoms with E-state index in [1.54, 1.807) is 0 Å².